The van der Waals surface area contributed by atoms with Gasteiger partial charge in [-0.3, -0.25) is 0 Å². The van der Waals surface area contributed by atoms with E-state index in [1.807, 2.05) is 18.2 Å². The molecule has 0 aliphatic rings. The van der Waals surface area contributed by atoms with Crippen LogP contribution in [0.1, 0.15) is 11.1 Å². The lowest BCUT2D eigenvalue weighted by molar-refractivity contribution is 0.624. The second kappa shape index (κ2) is 6.51. The smallest absolute Gasteiger partial charge is 0.141 e. The maximum atomic E-state index is 13.1. The minimum absolute atomic E-state index is 0.0178. The van der Waals surface area contributed by atoms with Crippen LogP contribution in [0, 0.1) is 5.82 Å². The van der Waals surface area contributed by atoms with Gasteiger partial charge < -0.3 is 5.73 Å². The molecule has 2 aromatic rings. The summed E-state index contributed by atoms with van der Waals surface area (Å²) >= 11 is 9.19. The SMILES string of the molecule is NC(Cc1cccc(Br)c1)Cc1ccc(F)c(Cl)c1. The highest BCUT2D eigenvalue weighted by molar-refractivity contribution is 9.10. The molecule has 0 radical (unpaired) electrons. The summed E-state index contributed by atoms with van der Waals surface area (Å²) in [5, 5.41) is 0.146. The van der Waals surface area contributed by atoms with Crippen LogP contribution >= 0.6 is 27.5 Å². The number of halogens is 3. The second-order valence-corrected chi connectivity index (χ2v) is 5.87. The number of rotatable bonds is 4. The predicted molar refractivity (Wildman–Crippen MR) is 80.9 cm³/mol. The zero-order chi connectivity index (χ0) is 13.8. The van der Waals surface area contributed by atoms with Crippen LogP contribution in [0.4, 0.5) is 4.39 Å². The van der Waals surface area contributed by atoms with Crippen molar-refractivity contribution in [3.63, 3.8) is 0 Å². The quantitative estimate of drug-likeness (QED) is 0.878. The first-order chi connectivity index (χ1) is 9.04. The summed E-state index contributed by atoms with van der Waals surface area (Å²) in [6, 6.07) is 12.8. The van der Waals surface area contributed by atoms with Gasteiger partial charge in [0, 0.05) is 10.5 Å². The van der Waals surface area contributed by atoms with Crippen LogP contribution in [0.5, 0.6) is 0 Å². The molecule has 2 N–H and O–H groups in total. The molecule has 4 heteroatoms. The van der Waals surface area contributed by atoms with E-state index in [9.17, 15) is 4.39 Å². The molecule has 0 amide bonds. The van der Waals surface area contributed by atoms with Crippen molar-refractivity contribution in [1.82, 2.24) is 0 Å². The molecule has 0 saturated heterocycles. The number of hydrogen-bond donors (Lipinski definition) is 1. The van der Waals surface area contributed by atoms with Crippen molar-refractivity contribution in [2.24, 2.45) is 5.73 Å². The van der Waals surface area contributed by atoms with Crippen molar-refractivity contribution in [1.29, 1.82) is 0 Å². The van der Waals surface area contributed by atoms with E-state index < -0.39 is 5.82 Å². The standard InChI is InChI=1S/C15H14BrClFN/c16-12-3-1-2-10(6-12)7-13(19)8-11-4-5-15(18)14(17)9-11/h1-6,9,13H,7-8,19H2. The molecule has 0 saturated carbocycles. The zero-order valence-corrected chi connectivity index (χ0v) is 12.6. The number of benzene rings is 2. The lowest BCUT2D eigenvalue weighted by Crippen LogP contribution is -2.25. The van der Waals surface area contributed by atoms with Gasteiger partial charge in [-0.2, -0.15) is 0 Å². The molecule has 0 aliphatic heterocycles. The van der Waals surface area contributed by atoms with Gasteiger partial charge in [0.15, 0.2) is 0 Å². The Labute approximate surface area is 125 Å². The third kappa shape index (κ3) is 4.30. The average Bonchev–Trinajstić information content (AvgIpc) is 2.34. The summed E-state index contributed by atoms with van der Waals surface area (Å²) in [6.45, 7) is 0. The molecule has 0 fully saturated rings. The highest BCUT2D eigenvalue weighted by atomic mass is 79.9. The van der Waals surface area contributed by atoms with Crippen LogP contribution in [0.3, 0.4) is 0 Å². The van der Waals surface area contributed by atoms with E-state index in [4.69, 9.17) is 17.3 Å². The van der Waals surface area contributed by atoms with Crippen molar-refractivity contribution >= 4 is 27.5 Å². The molecule has 2 rings (SSSR count). The minimum atomic E-state index is -0.397. The van der Waals surface area contributed by atoms with E-state index in [0.29, 0.717) is 6.42 Å². The lowest BCUT2D eigenvalue weighted by Gasteiger charge is -2.12. The van der Waals surface area contributed by atoms with E-state index in [1.54, 1.807) is 12.1 Å². The Bertz CT molecular complexity index is 574. The highest BCUT2D eigenvalue weighted by Crippen LogP contribution is 2.18. The molecule has 0 spiro atoms. The van der Waals surface area contributed by atoms with Crippen LogP contribution in [-0.4, -0.2) is 6.04 Å². The maximum Gasteiger partial charge on any atom is 0.141 e. The van der Waals surface area contributed by atoms with Crippen LogP contribution in [0.15, 0.2) is 46.9 Å². The van der Waals surface area contributed by atoms with Crippen molar-refractivity contribution in [3.05, 3.63) is 68.9 Å². The molecular formula is C15H14BrClFN. The van der Waals surface area contributed by atoms with Crippen molar-refractivity contribution in [2.75, 3.05) is 0 Å². The topological polar surface area (TPSA) is 26.0 Å². The van der Waals surface area contributed by atoms with E-state index in [-0.39, 0.29) is 11.1 Å². The Morgan fingerprint density at radius 3 is 2.42 bits per heavy atom. The summed E-state index contributed by atoms with van der Waals surface area (Å²) in [6.07, 6.45) is 1.45. The molecule has 0 heterocycles. The van der Waals surface area contributed by atoms with Gasteiger partial charge >= 0.3 is 0 Å². The van der Waals surface area contributed by atoms with E-state index >= 15 is 0 Å². The Morgan fingerprint density at radius 1 is 1.11 bits per heavy atom. The molecule has 1 unspecified atom stereocenters. The van der Waals surface area contributed by atoms with Gasteiger partial charge in [-0.15, -0.1) is 0 Å². The molecular weight excluding hydrogens is 329 g/mol. The first kappa shape index (κ1) is 14.5. The summed E-state index contributed by atoms with van der Waals surface area (Å²) in [7, 11) is 0. The summed E-state index contributed by atoms with van der Waals surface area (Å²) in [5.41, 5.74) is 8.25. The van der Waals surface area contributed by atoms with Gasteiger partial charge in [0.1, 0.15) is 5.82 Å². The van der Waals surface area contributed by atoms with Gasteiger partial charge in [0.05, 0.1) is 5.02 Å². The molecule has 0 aromatic heterocycles. The molecule has 100 valence electrons. The first-order valence-corrected chi connectivity index (χ1v) is 7.15. The van der Waals surface area contributed by atoms with E-state index in [2.05, 4.69) is 22.0 Å². The fraction of sp³-hybridized carbons (Fsp3) is 0.200. The predicted octanol–water partition coefficient (Wildman–Crippen LogP) is 4.35. The normalized spacial score (nSPS) is 12.4. The van der Waals surface area contributed by atoms with Crippen LogP contribution in [0.25, 0.3) is 0 Å². The monoisotopic (exact) mass is 341 g/mol. The highest BCUT2D eigenvalue weighted by Gasteiger charge is 2.08. The third-order valence-electron chi connectivity index (χ3n) is 2.87. The number of nitrogens with two attached hydrogens (primary N) is 1. The van der Waals surface area contributed by atoms with Gasteiger partial charge in [-0.05, 0) is 48.2 Å². The lowest BCUT2D eigenvalue weighted by atomic mass is 10.00. The van der Waals surface area contributed by atoms with Gasteiger partial charge in [-0.1, -0.05) is 45.7 Å². The molecule has 0 bridgehead atoms. The van der Waals surface area contributed by atoms with Gasteiger partial charge in [-0.25, -0.2) is 4.39 Å². The minimum Gasteiger partial charge on any atom is -0.327 e. The fourth-order valence-corrected chi connectivity index (χ4v) is 2.66. The van der Waals surface area contributed by atoms with Crippen LogP contribution in [-0.2, 0) is 12.8 Å². The number of hydrogen-bond acceptors (Lipinski definition) is 1. The maximum absolute atomic E-state index is 13.1. The molecule has 2 aromatic carbocycles. The molecule has 1 atom stereocenters. The van der Waals surface area contributed by atoms with E-state index in [0.717, 1.165) is 16.5 Å². The fourth-order valence-electron chi connectivity index (χ4n) is 2.01. The first-order valence-electron chi connectivity index (χ1n) is 5.98. The average molecular weight is 343 g/mol. The van der Waals surface area contributed by atoms with Crippen LogP contribution < -0.4 is 5.73 Å². The zero-order valence-electron chi connectivity index (χ0n) is 10.2. The van der Waals surface area contributed by atoms with E-state index in [1.165, 1.54) is 11.6 Å². The molecule has 0 aliphatic carbocycles. The third-order valence-corrected chi connectivity index (χ3v) is 3.65. The van der Waals surface area contributed by atoms with Gasteiger partial charge in [0.25, 0.3) is 0 Å². The van der Waals surface area contributed by atoms with Gasteiger partial charge in [0.2, 0.25) is 0 Å². The Kier molecular flexibility index (Phi) is 4.97. The summed E-state index contributed by atoms with van der Waals surface area (Å²) in [5.74, 6) is -0.397. The van der Waals surface area contributed by atoms with Crippen LogP contribution in [0.2, 0.25) is 5.02 Å². The molecule has 19 heavy (non-hydrogen) atoms. The largest absolute Gasteiger partial charge is 0.327 e. The van der Waals surface area contributed by atoms with Crippen molar-refractivity contribution < 1.29 is 4.39 Å². The van der Waals surface area contributed by atoms with Crippen molar-refractivity contribution in [3.8, 4) is 0 Å². The summed E-state index contributed by atoms with van der Waals surface area (Å²) in [4.78, 5) is 0. The second-order valence-electron chi connectivity index (χ2n) is 4.55. The Morgan fingerprint density at radius 2 is 1.79 bits per heavy atom. The van der Waals surface area contributed by atoms with Crippen molar-refractivity contribution in [2.45, 2.75) is 18.9 Å². The Balaban J connectivity index is 2.01. The summed E-state index contributed by atoms with van der Waals surface area (Å²) < 4.78 is 14.1. The Hall–Kier alpha value is -0.900. The molecule has 1 nitrogen and oxygen atoms in total.